The smallest absolute Gasteiger partial charge is 0.416 e. The summed E-state index contributed by atoms with van der Waals surface area (Å²) >= 11 is 0. The normalized spacial score (nSPS) is 15.8. The molecule has 10 heteroatoms. The molecule has 1 fully saturated rings. The molecule has 0 N–H and O–H groups in total. The zero-order valence-corrected chi connectivity index (χ0v) is 18.7. The Morgan fingerprint density at radius 2 is 1.60 bits per heavy atom. The van der Waals surface area contributed by atoms with Crippen LogP contribution in [0.1, 0.15) is 40.0 Å². The van der Waals surface area contributed by atoms with Gasteiger partial charge in [0.25, 0.3) is 5.91 Å². The molecule has 5 rings (SSSR count). The topological polar surface area (TPSA) is 58.6 Å². The number of carbonyl (C=O) groups excluding carboxylic acids is 1. The number of hydrogen-bond acceptors (Lipinski definition) is 5. The van der Waals surface area contributed by atoms with Crippen LogP contribution in [0.25, 0.3) is 0 Å². The Bertz CT molecular complexity index is 1220. The van der Waals surface area contributed by atoms with E-state index in [1.165, 1.54) is 36.4 Å². The number of anilines is 1. The highest BCUT2D eigenvalue weighted by Gasteiger charge is 2.32. The second-order valence-corrected chi connectivity index (χ2v) is 8.56. The molecular weight excluding hydrogens is 464 g/mol. The van der Waals surface area contributed by atoms with Gasteiger partial charge in [-0.1, -0.05) is 0 Å². The van der Waals surface area contributed by atoms with E-state index in [2.05, 4.69) is 9.88 Å². The highest BCUT2D eigenvalue weighted by Crippen LogP contribution is 2.33. The third-order valence-electron chi connectivity index (χ3n) is 6.17. The van der Waals surface area contributed by atoms with E-state index in [0.29, 0.717) is 30.2 Å². The lowest BCUT2D eigenvalue weighted by atomic mass is 10.0. The summed E-state index contributed by atoms with van der Waals surface area (Å²) in [5.74, 6) is 0.453. The van der Waals surface area contributed by atoms with Crippen molar-refractivity contribution in [1.29, 1.82) is 0 Å². The monoisotopic (exact) mass is 486 g/mol. The van der Waals surface area contributed by atoms with Gasteiger partial charge in [-0.3, -0.25) is 4.79 Å². The molecular formula is C25H22F4N4O2. The molecule has 3 aromatic rings. The predicted octanol–water partition coefficient (Wildman–Crippen LogP) is 5.23. The van der Waals surface area contributed by atoms with Gasteiger partial charge in [0.1, 0.15) is 11.6 Å². The highest BCUT2D eigenvalue weighted by atomic mass is 19.4. The number of carbonyl (C=O) groups is 1. The minimum absolute atomic E-state index is 0.145. The lowest BCUT2D eigenvalue weighted by Gasteiger charge is -2.30. The molecule has 0 spiro atoms. The van der Waals surface area contributed by atoms with Crippen LogP contribution in [0.5, 0.6) is 11.6 Å². The third kappa shape index (κ3) is 4.91. The predicted molar refractivity (Wildman–Crippen MR) is 120 cm³/mol. The van der Waals surface area contributed by atoms with Crippen LogP contribution >= 0.6 is 0 Å². The Labute approximate surface area is 199 Å². The van der Waals surface area contributed by atoms with Crippen LogP contribution in [0.4, 0.5) is 23.5 Å². The standard InChI is InChI=1S/C25H22F4N4O2/c26-18-7-9-19(10-8-18)35-22-20-15-33(23(34)16-3-5-17(6-4-16)25(27,28)29)14-11-21(20)30-24(31-22)32-12-1-2-13-32/h3-10H,1-2,11-15H2. The van der Waals surface area contributed by atoms with Crippen molar-refractivity contribution in [3.05, 3.63) is 76.7 Å². The Morgan fingerprint density at radius 3 is 2.26 bits per heavy atom. The number of fused-ring (bicyclic) bond motifs is 1. The Kier molecular flexibility index (Phi) is 6.04. The first kappa shape index (κ1) is 23.1. The van der Waals surface area contributed by atoms with E-state index in [0.717, 1.165) is 43.8 Å². The van der Waals surface area contributed by atoms with Gasteiger partial charge >= 0.3 is 6.18 Å². The van der Waals surface area contributed by atoms with Gasteiger partial charge in [-0.25, -0.2) is 9.37 Å². The molecule has 0 saturated carbocycles. The lowest BCUT2D eigenvalue weighted by Crippen LogP contribution is -2.37. The molecule has 3 heterocycles. The molecule has 0 radical (unpaired) electrons. The van der Waals surface area contributed by atoms with Gasteiger partial charge in [0.2, 0.25) is 11.8 Å². The van der Waals surface area contributed by atoms with Crippen LogP contribution in [-0.2, 0) is 19.1 Å². The second kappa shape index (κ2) is 9.16. The van der Waals surface area contributed by atoms with E-state index in [1.807, 2.05) is 0 Å². The van der Waals surface area contributed by atoms with Crippen LogP contribution in [-0.4, -0.2) is 40.4 Å². The minimum atomic E-state index is -4.47. The fraction of sp³-hybridized carbons (Fsp3) is 0.320. The summed E-state index contributed by atoms with van der Waals surface area (Å²) in [5, 5.41) is 0. The fourth-order valence-electron chi connectivity index (χ4n) is 4.29. The van der Waals surface area contributed by atoms with E-state index in [9.17, 15) is 22.4 Å². The number of hydrogen-bond donors (Lipinski definition) is 0. The van der Waals surface area contributed by atoms with Crippen molar-refractivity contribution < 1.29 is 27.1 Å². The quantitative estimate of drug-likeness (QED) is 0.473. The maximum atomic E-state index is 13.4. The molecule has 1 aromatic heterocycles. The average Bonchev–Trinajstić information content (AvgIpc) is 3.39. The van der Waals surface area contributed by atoms with Crippen molar-refractivity contribution in [1.82, 2.24) is 14.9 Å². The van der Waals surface area contributed by atoms with Gasteiger partial charge in [0, 0.05) is 31.6 Å². The molecule has 2 aromatic carbocycles. The number of aromatic nitrogens is 2. The van der Waals surface area contributed by atoms with Crippen molar-refractivity contribution >= 4 is 11.9 Å². The van der Waals surface area contributed by atoms with Crippen LogP contribution < -0.4 is 9.64 Å². The summed E-state index contributed by atoms with van der Waals surface area (Å²) in [7, 11) is 0. The first-order valence-electron chi connectivity index (χ1n) is 11.3. The van der Waals surface area contributed by atoms with E-state index < -0.39 is 17.6 Å². The summed E-state index contributed by atoms with van der Waals surface area (Å²) in [6.07, 6.45) is -1.93. The lowest BCUT2D eigenvalue weighted by molar-refractivity contribution is -0.137. The largest absolute Gasteiger partial charge is 0.438 e. The van der Waals surface area contributed by atoms with Gasteiger partial charge in [-0.2, -0.15) is 18.2 Å². The summed E-state index contributed by atoms with van der Waals surface area (Å²) in [5.41, 5.74) is 0.743. The SMILES string of the molecule is O=C(c1ccc(C(F)(F)F)cc1)N1CCc2nc(N3CCCC3)nc(Oc3ccc(F)cc3)c2C1. The average molecular weight is 486 g/mol. The Balaban J connectivity index is 1.44. The Hall–Kier alpha value is -3.69. The molecule has 2 aliphatic rings. The van der Waals surface area contributed by atoms with Gasteiger partial charge in [0.05, 0.1) is 23.4 Å². The number of halogens is 4. The van der Waals surface area contributed by atoms with Crippen molar-refractivity contribution in [2.75, 3.05) is 24.5 Å². The van der Waals surface area contributed by atoms with Crippen LogP contribution in [0.15, 0.2) is 48.5 Å². The number of nitrogens with zero attached hydrogens (tertiary/aromatic N) is 4. The first-order chi connectivity index (χ1) is 16.8. The van der Waals surface area contributed by atoms with Gasteiger partial charge < -0.3 is 14.5 Å². The molecule has 0 atom stereocenters. The Morgan fingerprint density at radius 1 is 0.914 bits per heavy atom. The molecule has 35 heavy (non-hydrogen) atoms. The maximum absolute atomic E-state index is 13.4. The number of rotatable bonds is 4. The van der Waals surface area contributed by atoms with E-state index in [-0.39, 0.29) is 23.9 Å². The highest BCUT2D eigenvalue weighted by molar-refractivity contribution is 5.94. The van der Waals surface area contributed by atoms with Gasteiger partial charge in [-0.15, -0.1) is 0 Å². The number of benzene rings is 2. The summed E-state index contributed by atoms with van der Waals surface area (Å²) in [4.78, 5) is 26.0. The van der Waals surface area contributed by atoms with E-state index in [1.54, 1.807) is 4.90 Å². The summed E-state index contributed by atoms with van der Waals surface area (Å²) in [6.45, 7) is 2.19. The fourth-order valence-corrected chi connectivity index (χ4v) is 4.29. The molecule has 0 bridgehead atoms. The zero-order chi connectivity index (χ0) is 24.6. The van der Waals surface area contributed by atoms with Crippen LogP contribution in [0.3, 0.4) is 0 Å². The zero-order valence-electron chi connectivity index (χ0n) is 18.7. The second-order valence-electron chi connectivity index (χ2n) is 8.56. The van der Waals surface area contributed by atoms with E-state index in [4.69, 9.17) is 9.72 Å². The molecule has 6 nitrogen and oxygen atoms in total. The van der Waals surface area contributed by atoms with Crippen molar-refractivity contribution in [3.8, 4) is 11.6 Å². The number of amides is 1. The molecule has 0 unspecified atom stereocenters. The maximum Gasteiger partial charge on any atom is 0.416 e. The third-order valence-corrected chi connectivity index (χ3v) is 6.17. The van der Waals surface area contributed by atoms with Crippen LogP contribution in [0.2, 0.25) is 0 Å². The van der Waals surface area contributed by atoms with Gasteiger partial charge in [-0.05, 0) is 61.4 Å². The molecule has 1 amide bonds. The van der Waals surface area contributed by atoms with Crippen molar-refractivity contribution in [3.63, 3.8) is 0 Å². The van der Waals surface area contributed by atoms with Crippen molar-refractivity contribution in [2.24, 2.45) is 0 Å². The summed E-state index contributed by atoms with van der Waals surface area (Å²) < 4.78 is 58.0. The minimum Gasteiger partial charge on any atom is -0.438 e. The summed E-state index contributed by atoms with van der Waals surface area (Å²) in [6, 6.07) is 9.72. The molecule has 1 saturated heterocycles. The number of alkyl halides is 3. The van der Waals surface area contributed by atoms with Gasteiger partial charge in [0.15, 0.2) is 0 Å². The van der Waals surface area contributed by atoms with Crippen LogP contribution in [0, 0.1) is 5.82 Å². The number of ether oxygens (including phenoxy) is 1. The molecule has 0 aliphatic carbocycles. The van der Waals surface area contributed by atoms with E-state index >= 15 is 0 Å². The molecule has 2 aliphatic heterocycles. The molecule has 182 valence electrons. The first-order valence-corrected chi connectivity index (χ1v) is 11.3. The van der Waals surface area contributed by atoms with Crippen molar-refractivity contribution in [2.45, 2.75) is 32.0 Å².